The lowest BCUT2D eigenvalue weighted by atomic mass is 10.1. The first-order valence-corrected chi connectivity index (χ1v) is 13.1. The summed E-state index contributed by atoms with van der Waals surface area (Å²) >= 11 is 1.70. The Kier molecular flexibility index (Phi) is 6.14. The number of nitrogens with zero attached hydrogens (tertiary/aromatic N) is 4. The van der Waals surface area contributed by atoms with Gasteiger partial charge in [0.1, 0.15) is 11.6 Å². The van der Waals surface area contributed by atoms with Crippen molar-refractivity contribution in [2.45, 2.75) is 13.5 Å². The van der Waals surface area contributed by atoms with Crippen molar-refractivity contribution in [3.8, 4) is 17.0 Å². The standard InChI is InChI=1S/C29H27FN4O2S/c1-19-6-11-24-26(16-19)37-29-31-27(21-4-3-5-23(17-21)36-2)25(34(24)29)18-32-12-14-33(15-13-32)28(35)20-7-9-22(30)10-8-20/h3-11,16-17H,12-15,18H2,1-2H3. The Hall–Kier alpha value is -3.75. The van der Waals surface area contributed by atoms with Gasteiger partial charge in [-0.25, -0.2) is 9.37 Å². The van der Waals surface area contributed by atoms with E-state index in [1.807, 2.05) is 23.1 Å². The van der Waals surface area contributed by atoms with Crippen molar-refractivity contribution in [1.29, 1.82) is 0 Å². The van der Waals surface area contributed by atoms with E-state index in [-0.39, 0.29) is 11.7 Å². The molecule has 1 aliphatic rings. The molecule has 3 heterocycles. The lowest BCUT2D eigenvalue weighted by Crippen LogP contribution is -2.48. The third-order valence-electron chi connectivity index (χ3n) is 6.97. The highest BCUT2D eigenvalue weighted by Gasteiger charge is 2.25. The summed E-state index contributed by atoms with van der Waals surface area (Å²) < 4.78 is 22.3. The topological polar surface area (TPSA) is 50.1 Å². The van der Waals surface area contributed by atoms with Gasteiger partial charge in [0.2, 0.25) is 0 Å². The monoisotopic (exact) mass is 514 g/mol. The summed E-state index contributed by atoms with van der Waals surface area (Å²) in [5.41, 5.74) is 6.03. The summed E-state index contributed by atoms with van der Waals surface area (Å²) in [6, 6.07) is 20.3. The van der Waals surface area contributed by atoms with Crippen molar-refractivity contribution in [2.75, 3.05) is 33.3 Å². The van der Waals surface area contributed by atoms with Crippen molar-refractivity contribution in [3.05, 3.63) is 89.4 Å². The molecular formula is C29H27FN4O2S. The summed E-state index contributed by atoms with van der Waals surface area (Å²) in [5.74, 6) is 0.410. The van der Waals surface area contributed by atoms with Crippen LogP contribution >= 0.6 is 11.3 Å². The zero-order valence-electron chi connectivity index (χ0n) is 20.8. The number of benzene rings is 3. The second-order valence-electron chi connectivity index (χ2n) is 9.41. The van der Waals surface area contributed by atoms with Crippen molar-refractivity contribution in [1.82, 2.24) is 19.2 Å². The van der Waals surface area contributed by atoms with E-state index in [4.69, 9.17) is 9.72 Å². The number of ether oxygens (including phenoxy) is 1. The molecule has 3 aromatic carbocycles. The minimum absolute atomic E-state index is 0.0531. The fourth-order valence-corrected chi connectivity index (χ4v) is 6.12. The van der Waals surface area contributed by atoms with Crippen LogP contribution in [-0.4, -0.2) is 58.4 Å². The van der Waals surface area contributed by atoms with Crippen LogP contribution in [0, 0.1) is 12.7 Å². The predicted molar refractivity (Wildman–Crippen MR) is 145 cm³/mol. The normalized spacial score (nSPS) is 14.5. The van der Waals surface area contributed by atoms with Gasteiger partial charge in [0, 0.05) is 43.9 Å². The molecule has 6 nitrogen and oxygen atoms in total. The largest absolute Gasteiger partial charge is 0.497 e. The first-order chi connectivity index (χ1) is 18.0. The maximum absolute atomic E-state index is 13.3. The number of methoxy groups -OCH3 is 1. The quantitative estimate of drug-likeness (QED) is 0.305. The molecule has 188 valence electrons. The average Bonchev–Trinajstić information content (AvgIpc) is 3.45. The van der Waals surface area contributed by atoms with Crippen LogP contribution in [0.2, 0.25) is 0 Å². The van der Waals surface area contributed by atoms with Gasteiger partial charge in [0.25, 0.3) is 5.91 Å². The van der Waals surface area contributed by atoms with Crippen LogP contribution in [-0.2, 0) is 6.54 Å². The number of carbonyl (C=O) groups is 1. The number of thiazole rings is 1. The average molecular weight is 515 g/mol. The minimum Gasteiger partial charge on any atom is -0.497 e. The van der Waals surface area contributed by atoms with E-state index in [9.17, 15) is 9.18 Å². The number of imidazole rings is 1. The number of carbonyl (C=O) groups excluding carboxylic acids is 1. The molecule has 8 heteroatoms. The number of hydrogen-bond donors (Lipinski definition) is 0. The molecule has 0 saturated carbocycles. The second-order valence-corrected chi connectivity index (χ2v) is 10.4. The molecule has 0 N–H and O–H groups in total. The van der Waals surface area contributed by atoms with Gasteiger partial charge in [0.05, 0.1) is 28.7 Å². The van der Waals surface area contributed by atoms with Crippen LogP contribution < -0.4 is 4.74 Å². The number of piperazine rings is 1. The molecule has 37 heavy (non-hydrogen) atoms. The van der Waals surface area contributed by atoms with E-state index < -0.39 is 0 Å². The number of hydrogen-bond acceptors (Lipinski definition) is 5. The van der Waals surface area contributed by atoms with Crippen LogP contribution in [0.15, 0.2) is 66.7 Å². The van der Waals surface area contributed by atoms with Gasteiger partial charge in [0.15, 0.2) is 4.96 Å². The lowest BCUT2D eigenvalue weighted by molar-refractivity contribution is 0.0627. The Morgan fingerprint density at radius 3 is 2.57 bits per heavy atom. The molecule has 6 rings (SSSR count). The number of halogens is 1. The molecular weight excluding hydrogens is 487 g/mol. The van der Waals surface area contributed by atoms with Gasteiger partial charge in [-0.2, -0.15) is 0 Å². The summed E-state index contributed by atoms with van der Waals surface area (Å²) in [5, 5.41) is 0. The highest BCUT2D eigenvalue weighted by molar-refractivity contribution is 7.23. The molecule has 0 atom stereocenters. The van der Waals surface area contributed by atoms with Gasteiger partial charge in [-0.15, -0.1) is 0 Å². The Bertz CT molecular complexity index is 1600. The van der Waals surface area contributed by atoms with E-state index in [1.54, 1.807) is 30.6 Å². The highest BCUT2D eigenvalue weighted by Crippen LogP contribution is 2.35. The molecule has 2 aromatic heterocycles. The molecule has 5 aromatic rings. The Balaban J connectivity index is 1.31. The first-order valence-electron chi connectivity index (χ1n) is 12.3. The maximum Gasteiger partial charge on any atom is 0.253 e. The Labute approximate surface area is 218 Å². The van der Waals surface area contributed by atoms with Gasteiger partial charge in [-0.1, -0.05) is 29.5 Å². The molecule has 1 saturated heterocycles. The molecule has 0 unspecified atom stereocenters. The summed E-state index contributed by atoms with van der Waals surface area (Å²) in [6.07, 6.45) is 0. The fourth-order valence-electron chi connectivity index (χ4n) is 4.98. The third kappa shape index (κ3) is 4.47. The van der Waals surface area contributed by atoms with Crippen LogP contribution in [0.1, 0.15) is 21.6 Å². The third-order valence-corrected chi connectivity index (χ3v) is 7.97. The zero-order chi connectivity index (χ0) is 25.5. The molecule has 1 amide bonds. The first kappa shape index (κ1) is 23.6. The van der Waals surface area contributed by atoms with E-state index in [0.29, 0.717) is 25.2 Å². The molecule has 0 aliphatic carbocycles. The molecule has 0 spiro atoms. The van der Waals surface area contributed by atoms with Gasteiger partial charge in [-0.3, -0.25) is 14.1 Å². The lowest BCUT2D eigenvalue weighted by Gasteiger charge is -2.34. The van der Waals surface area contributed by atoms with Gasteiger partial charge < -0.3 is 9.64 Å². The van der Waals surface area contributed by atoms with Crippen LogP contribution in [0.3, 0.4) is 0 Å². The molecule has 0 radical (unpaired) electrons. The molecule has 1 aliphatic heterocycles. The fraction of sp³-hybridized carbons (Fsp3) is 0.241. The smallest absolute Gasteiger partial charge is 0.253 e. The van der Waals surface area contributed by atoms with Crippen molar-refractivity contribution < 1.29 is 13.9 Å². The van der Waals surface area contributed by atoms with Crippen LogP contribution in [0.25, 0.3) is 26.4 Å². The van der Waals surface area contributed by atoms with Crippen LogP contribution in [0.4, 0.5) is 4.39 Å². The highest BCUT2D eigenvalue weighted by atomic mass is 32.1. The second kappa shape index (κ2) is 9.61. The van der Waals surface area contributed by atoms with Crippen molar-refractivity contribution in [2.24, 2.45) is 0 Å². The molecule has 0 bridgehead atoms. The van der Waals surface area contributed by atoms with Gasteiger partial charge >= 0.3 is 0 Å². The van der Waals surface area contributed by atoms with Crippen molar-refractivity contribution in [3.63, 3.8) is 0 Å². The number of aromatic nitrogens is 2. The van der Waals surface area contributed by atoms with E-state index >= 15 is 0 Å². The van der Waals surface area contributed by atoms with E-state index in [0.717, 1.165) is 46.3 Å². The summed E-state index contributed by atoms with van der Waals surface area (Å²) in [6.45, 7) is 5.56. The predicted octanol–water partition coefficient (Wildman–Crippen LogP) is 5.63. The summed E-state index contributed by atoms with van der Waals surface area (Å²) in [7, 11) is 1.67. The zero-order valence-corrected chi connectivity index (χ0v) is 21.6. The molecule has 1 fully saturated rings. The maximum atomic E-state index is 13.3. The number of amides is 1. The van der Waals surface area contributed by atoms with E-state index in [2.05, 4.69) is 40.5 Å². The van der Waals surface area contributed by atoms with Crippen molar-refractivity contribution >= 4 is 32.4 Å². The Morgan fingerprint density at radius 2 is 1.81 bits per heavy atom. The summed E-state index contributed by atoms with van der Waals surface area (Å²) in [4.78, 5) is 23.2. The Morgan fingerprint density at radius 1 is 1.03 bits per heavy atom. The number of fused-ring (bicyclic) bond motifs is 3. The SMILES string of the molecule is COc1cccc(-c2nc3sc4cc(C)ccc4n3c2CN2CCN(C(=O)c3ccc(F)cc3)CC2)c1. The number of rotatable bonds is 5. The van der Waals surface area contributed by atoms with Gasteiger partial charge in [-0.05, 0) is 61.0 Å². The van der Waals surface area contributed by atoms with E-state index in [1.165, 1.54) is 22.4 Å². The minimum atomic E-state index is -0.337. The van der Waals surface area contributed by atoms with Crippen LogP contribution in [0.5, 0.6) is 5.75 Å². The number of aryl methyl sites for hydroxylation is 1.